The fourth-order valence-corrected chi connectivity index (χ4v) is 3.65. The summed E-state index contributed by atoms with van der Waals surface area (Å²) < 4.78 is 52.5. The van der Waals surface area contributed by atoms with E-state index in [9.17, 15) is 22.3 Å². The molecule has 4 nitrogen and oxygen atoms in total. The third kappa shape index (κ3) is 3.74. The fourth-order valence-electron chi connectivity index (χ4n) is 2.17. The predicted molar refractivity (Wildman–Crippen MR) is 70.4 cm³/mol. The molecule has 0 spiro atoms. The second-order valence-corrected chi connectivity index (χ2v) is 6.93. The maximum Gasteiger partial charge on any atom is 0.211 e. The first-order valence-corrected chi connectivity index (χ1v) is 8.13. The zero-order valence-electron chi connectivity index (χ0n) is 10.9. The average Bonchev–Trinajstić information content (AvgIpc) is 2.32. The lowest BCUT2D eigenvalue weighted by Gasteiger charge is -2.25. The van der Waals surface area contributed by atoms with Crippen LogP contribution in [0.1, 0.15) is 30.9 Å². The molecule has 1 aliphatic rings. The Morgan fingerprint density at radius 3 is 2.40 bits per heavy atom. The molecule has 2 rings (SSSR count). The Kier molecular flexibility index (Phi) is 4.72. The van der Waals surface area contributed by atoms with Gasteiger partial charge in [0, 0.05) is 6.54 Å². The number of sulfonamides is 1. The van der Waals surface area contributed by atoms with Crippen molar-refractivity contribution in [1.82, 2.24) is 4.72 Å². The second kappa shape index (κ2) is 6.15. The molecule has 0 aliphatic heterocycles. The molecular weight excluding hydrogens is 288 g/mol. The summed E-state index contributed by atoms with van der Waals surface area (Å²) in [6.07, 6.45) is 1.24. The summed E-state index contributed by atoms with van der Waals surface area (Å²) in [5, 5.41) is 9.74. The molecule has 1 aliphatic carbocycles. The third-order valence-electron chi connectivity index (χ3n) is 3.51. The van der Waals surface area contributed by atoms with Crippen molar-refractivity contribution in [2.45, 2.75) is 25.4 Å². The van der Waals surface area contributed by atoms with Crippen LogP contribution in [0.4, 0.5) is 8.78 Å². The highest BCUT2D eigenvalue weighted by molar-refractivity contribution is 7.89. The lowest BCUT2D eigenvalue weighted by molar-refractivity contribution is 0.171. The molecule has 0 saturated heterocycles. The molecular formula is C13H17F2NO3S. The van der Waals surface area contributed by atoms with Gasteiger partial charge in [0.25, 0.3) is 0 Å². The van der Waals surface area contributed by atoms with Gasteiger partial charge in [-0.2, -0.15) is 0 Å². The lowest BCUT2D eigenvalue weighted by Crippen LogP contribution is -2.35. The van der Waals surface area contributed by atoms with Crippen LogP contribution in [0.15, 0.2) is 18.2 Å². The van der Waals surface area contributed by atoms with Gasteiger partial charge in [-0.05, 0) is 30.9 Å². The molecule has 0 amide bonds. The van der Waals surface area contributed by atoms with Crippen LogP contribution in [0, 0.1) is 17.6 Å². The Hall–Kier alpha value is -1.05. The van der Waals surface area contributed by atoms with Crippen molar-refractivity contribution in [2.75, 3.05) is 12.3 Å². The molecule has 0 radical (unpaired) electrons. The fraction of sp³-hybridized carbons (Fsp3) is 0.538. The zero-order chi connectivity index (χ0) is 14.8. The molecule has 1 fully saturated rings. The minimum Gasteiger partial charge on any atom is -0.387 e. The Labute approximate surface area is 116 Å². The van der Waals surface area contributed by atoms with Gasteiger partial charge in [-0.1, -0.05) is 12.5 Å². The first-order chi connectivity index (χ1) is 9.39. The van der Waals surface area contributed by atoms with E-state index in [1.807, 2.05) is 0 Å². The van der Waals surface area contributed by atoms with Crippen molar-refractivity contribution in [3.8, 4) is 0 Å². The van der Waals surface area contributed by atoms with Gasteiger partial charge in [0.05, 0.1) is 17.4 Å². The van der Waals surface area contributed by atoms with Crippen LogP contribution in [0.5, 0.6) is 0 Å². The smallest absolute Gasteiger partial charge is 0.211 e. The largest absolute Gasteiger partial charge is 0.387 e. The number of benzene rings is 1. The monoisotopic (exact) mass is 305 g/mol. The Morgan fingerprint density at radius 2 is 1.90 bits per heavy atom. The first kappa shape index (κ1) is 15.3. The summed E-state index contributed by atoms with van der Waals surface area (Å²) in [6.45, 7) is -0.438. The Bertz CT molecular complexity index is 553. The van der Waals surface area contributed by atoms with Crippen LogP contribution in [-0.4, -0.2) is 25.8 Å². The van der Waals surface area contributed by atoms with Gasteiger partial charge in [0.1, 0.15) is 11.6 Å². The van der Waals surface area contributed by atoms with E-state index in [1.54, 1.807) is 0 Å². The van der Waals surface area contributed by atoms with Crippen LogP contribution in [0.2, 0.25) is 0 Å². The number of nitrogens with one attached hydrogen (secondary N) is 1. The highest BCUT2D eigenvalue weighted by Crippen LogP contribution is 2.27. The quantitative estimate of drug-likeness (QED) is 0.841. The Morgan fingerprint density at radius 1 is 1.30 bits per heavy atom. The number of hydrogen-bond acceptors (Lipinski definition) is 3. The van der Waals surface area contributed by atoms with Crippen molar-refractivity contribution < 1.29 is 22.3 Å². The summed E-state index contributed by atoms with van der Waals surface area (Å²) in [7, 11) is -3.53. The standard InChI is InChI=1S/C13H17F2NO3S/c14-10-5-2-6-11(15)13(10)12(17)7-16-20(18,19)8-9-3-1-4-9/h2,5-6,9,12,16-17H,1,3-4,7-8H2. The number of aliphatic hydroxyl groups excluding tert-OH is 1. The van der Waals surface area contributed by atoms with Crippen molar-refractivity contribution in [3.05, 3.63) is 35.4 Å². The predicted octanol–water partition coefficient (Wildman–Crippen LogP) is 1.72. The normalized spacial score (nSPS) is 17.8. The first-order valence-electron chi connectivity index (χ1n) is 6.48. The molecule has 1 aromatic rings. The minimum atomic E-state index is -3.53. The zero-order valence-corrected chi connectivity index (χ0v) is 11.7. The number of aliphatic hydroxyl groups is 1. The van der Waals surface area contributed by atoms with E-state index in [4.69, 9.17) is 0 Å². The molecule has 0 bridgehead atoms. The molecule has 1 unspecified atom stereocenters. The average molecular weight is 305 g/mol. The summed E-state index contributed by atoms with van der Waals surface area (Å²) in [4.78, 5) is 0. The highest BCUT2D eigenvalue weighted by atomic mass is 32.2. The van der Waals surface area contributed by atoms with Crippen molar-refractivity contribution in [1.29, 1.82) is 0 Å². The van der Waals surface area contributed by atoms with Gasteiger partial charge in [0.2, 0.25) is 10.0 Å². The SMILES string of the molecule is O=S(=O)(CC1CCC1)NCC(O)c1c(F)cccc1F. The van der Waals surface area contributed by atoms with E-state index in [0.29, 0.717) is 0 Å². The highest BCUT2D eigenvalue weighted by Gasteiger charge is 2.26. The van der Waals surface area contributed by atoms with E-state index in [1.165, 1.54) is 6.07 Å². The topological polar surface area (TPSA) is 66.4 Å². The van der Waals surface area contributed by atoms with Crippen LogP contribution >= 0.6 is 0 Å². The van der Waals surface area contributed by atoms with Crippen LogP contribution in [-0.2, 0) is 10.0 Å². The van der Waals surface area contributed by atoms with Crippen molar-refractivity contribution >= 4 is 10.0 Å². The summed E-state index contributed by atoms with van der Waals surface area (Å²) in [5.41, 5.74) is -0.515. The van der Waals surface area contributed by atoms with Crippen LogP contribution in [0.25, 0.3) is 0 Å². The minimum absolute atomic E-state index is 0.000522. The second-order valence-electron chi connectivity index (χ2n) is 5.08. The molecule has 0 aromatic heterocycles. The van der Waals surface area contributed by atoms with Crippen molar-refractivity contribution in [3.63, 3.8) is 0 Å². The van der Waals surface area contributed by atoms with Crippen LogP contribution < -0.4 is 4.72 Å². The van der Waals surface area contributed by atoms with Gasteiger partial charge in [0.15, 0.2) is 0 Å². The molecule has 0 heterocycles. The molecule has 1 aromatic carbocycles. The molecule has 1 atom stereocenters. The summed E-state index contributed by atoms with van der Waals surface area (Å²) >= 11 is 0. The molecule has 2 N–H and O–H groups in total. The maximum atomic E-state index is 13.4. The van der Waals surface area contributed by atoms with Gasteiger partial charge in [-0.15, -0.1) is 0 Å². The van der Waals surface area contributed by atoms with Crippen LogP contribution in [0.3, 0.4) is 0 Å². The van der Waals surface area contributed by atoms with Gasteiger partial charge in [-0.3, -0.25) is 0 Å². The third-order valence-corrected chi connectivity index (χ3v) is 5.03. The van der Waals surface area contributed by atoms with Crippen molar-refractivity contribution in [2.24, 2.45) is 5.92 Å². The maximum absolute atomic E-state index is 13.4. The molecule has 1 saturated carbocycles. The number of hydrogen-bond donors (Lipinski definition) is 2. The van der Waals surface area contributed by atoms with E-state index < -0.39 is 39.9 Å². The Balaban J connectivity index is 1.96. The summed E-state index contributed by atoms with van der Waals surface area (Å²) in [5.74, 6) is -1.64. The summed E-state index contributed by atoms with van der Waals surface area (Å²) in [6, 6.07) is 3.22. The van der Waals surface area contributed by atoms with Gasteiger partial charge >= 0.3 is 0 Å². The van der Waals surface area contributed by atoms with Gasteiger partial charge < -0.3 is 5.11 Å². The van der Waals surface area contributed by atoms with E-state index in [-0.39, 0.29) is 11.7 Å². The molecule has 112 valence electrons. The van der Waals surface area contributed by atoms with E-state index in [2.05, 4.69) is 4.72 Å². The number of rotatable bonds is 6. The van der Waals surface area contributed by atoms with E-state index >= 15 is 0 Å². The molecule has 7 heteroatoms. The number of halogens is 2. The van der Waals surface area contributed by atoms with E-state index in [0.717, 1.165) is 31.4 Å². The van der Waals surface area contributed by atoms with Gasteiger partial charge in [-0.25, -0.2) is 21.9 Å². The molecule has 20 heavy (non-hydrogen) atoms. The lowest BCUT2D eigenvalue weighted by atomic mass is 9.87.